The number of nitrogens with zero attached hydrogens (tertiary/aromatic N) is 4. The van der Waals surface area contributed by atoms with E-state index >= 15 is 0 Å². The van der Waals surface area contributed by atoms with E-state index in [1.54, 1.807) is 30.3 Å². The van der Waals surface area contributed by atoms with Crippen molar-refractivity contribution >= 4 is 5.78 Å². The number of aryl methyl sites for hydroxylation is 2. The lowest BCUT2D eigenvalue weighted by Gasteiger charge is -2.08. The predicted molar refractivity (Wildman–Crippen MR) is 84.5 cm³/mol. The maximum Gasteiger partial charge on any atom is 0.351 e. The minimum absolute atomic E-state index is 0.222. The van der Waals surface area contributed by atoms with Crippen LogP contribution in [-0.4, -0.2) is 29.9 Å². The molecule has 1 aromatic carbocycles. The number of H-pyrrole nitrogens is 1. The zero-order valence-electron chi connectivity index (χ0n) is 12.9. The first-order valence-corrected chi connectivity index (χ1v) is 6.96. The minimum Gasteiger partial charge on any atom is -0.302 e. The molecule has 0 saturated carbocycles. The number of nitrogens with one attached hydrogen (secondary N) is 1. The third-order valence-electron chi connectivity index (χ3n) is 3.54. The Hall–Kier alpha value is -3.49. The largest absolute Gasteiger partial charge is 0.351 e. The van der Waals surface area contributed by atoms with Gasteiger partial charge in [0.25, 0.3) is 11.1 Å². The molecule has 0 radical (unpaired) electrons. The minimum atomic E-state index is -0.877. The molecular weight excluding hydrogens is 314 g/mol. The standard InChI is InChI=1S/C15H13N5O4/c1-18-13(22)10(8-16-18)12(21)11-14(23)20(15(24)19(2)17-11)9-6-4-3-5-7-9/h3-8,16H,1-2H3. The molecule has 24 heavy (non-hydrogen) atoms. The Bertz CT molecular complexity index is 1100. The van der Waals surface area contributed by atoms with Gasteiger partial charge in [-0.3, -0.25) is 19.1 Å². The molecular formula is C15H13N5O4. The Balaban J connectivity index is 2.28. The molecule has 0 aliphatic heterocycles. The maximum absolute atomic E-state index is 12.6. The average molecular weight is 327 g/mol. The molecule has 0 saturated heterocycles. The Labute approximate surface area is 134 Å². The Morgan fingerprint density at radius 2 is 1.71 bits per heavy atom. The number of hydrogen-bond acceptors (Lipinski definition) is 5. The van der Waals surface area contributed by atoms with E-state index in [0.29, 0.717) is 5.69 Å². The molecule has 0 aliphatic rings. The van der Waals surface area contributed by atoms with Crippen LogP contribution in [0.25, 0.3) is 5.69 Å². The molecule has 0 atom stereocenters. The topological polar surface area (TPSA) is 112 Å². The number of hydrogen-bond donors (Lipinski definition) is 1. The highest BCUT2D eigenvalue weighted by atomic mass is 16.2. The summed E-state index contributed by atoms with van der Waals surface area (Å²) >= 11 is 0. The second-order valence-electron chi connectivity index (χ2n) is 5.11. The molecule has 9 nitrogen and oxygen atoms in total. The first kappa shape index (κ1) is 15.4. The van der Waals surface area contributed by atoms with E-state index in [1.165, 1.54) is 20.3 Å². The number of rotatable bonds is 3. The zero-order chi connectivity index (χ0) is 17.4. The van der Waals surface area contributed by atoms with Gasteiger partial charge in [0, 0.05) is 20.3 Å². The number of para-hydroxylation sites is 1. The van der Waals surface area contributed by atoms with Gasteiger partial charge in [-0.15, -0.1) is 0 Å². The fourth-order valence-electron chi connectivity index (χ4n) is 2.27. The van der Waals surface area contributed by atoms with Gasteiger partial charge >= 0.3 is 5.69 Å². The summed E-state index contributed by atoms with van der Waals surface area (Å²) < 4.78 is 2.83. The summed E-state index contributed by atoms with van der Waals surface area (Å²) in [6.07, 6.45) is 1.20. The van der Waals surface area contributed by atoms with Gasteiger partial charge in [-0.25, -0.2) is 14.0 Å². The number of aromatic nitrogens is 5. The average Bonchev–Trinajstić information content (AvgIpc) is 2.91. The van der Waals surface area contributed by atoms with E-state index in [9.17, 15) is 19.2 Å². The third-order valence-corrected chi connectivity index (χ3v) is 3.54. The van der Waals surface area contributed by atoms with Gasteiger partial charge in [0.1, 0.15) is 5.56 Å². The first-order valence-electron chi connectivity index (χ1n) is 6.96. The molecule has 2 heterocycles. The Morgan fingerprint density at radius 1 is 1.04 bits per heavy atom. The van der Waals surface area contributed by atoms with E-state index < -0.39 is 28.3 Å². The number of ketones is 1. The van der Waals surface area contributed by atoms with Crippen molar-refractivity contribution in [3.05, 3.63) is 79.0 Å². The molecule has 0 spiro atoms. The van der Waals surface area contributed by atoms with Gasteiger partial charge in [0.2, 0.25) is 5.78 Å². The summed E-state index contributed by atoms with van der Waals surface area (Å²) in [5, 5.41) is 6.30. The highest BCUT2D eigenvalue weighted by molar-refractivity contribution is 6.07. The molecule has 9 heteroatoms. The predicted octanol–water partition coefficient (Wildman–Crippen LogP) is -0.811. The summed E-state index contributed by atoms with van der Waals surface area (Å²) in [4.78, 5) is 49.3. The number of carbonyl (C=O) groups is 1. The van der Waals surface area contributed by atoms with Crippen molar-refractivity contribution in [3.63, 3.8) is 0 Å². The summed E-state index contributed by atoms with van der Waals surface area (Å²) in [6, 6.07) is 8.17. The van der Waals surface area contributed by atoms with E-state index in [2.05, 4.69) is 10.2 Å². The van der Waals surface area contributed by atoms with Crippen LogP contribution < -0.4 is 16.8 Å². The van der Waals surface area contributed by atoms with Crippen LogP contribution in [0.5, 0.6) is 0 Å². The number of carbonyl (C=O) groups excluding carboxylic acids is 1. The molecule has 3 rings (SSSR count). The SMILES string of the molecule is Cn1nc(C(=O)c2c[nH]n(C)c2=O)c(=O)n(-c2ccccc2)c1=O. The second kappa shape index (κ2) is 5.61. The molecule has 0 aliphatic carbocycles. The van der Waals surface area contributed by atoms with Crippen LogP contribution in [0.4, 0.5) is 0 Å². The Morgan fingerprint density at radius 3 is 2.29 bits per heavy atom. The van der Waals surface area contributed by atoms with E-state index in [0.717, 1.165) is 13.9 Å². The van der Waals surface area contributed by atoms with Gasteiger partial charge in [0.15, 0.2) is 5.69 Å². The summed E-state index contributed by atoms with van der Waals surface area (Å²) in [6.45, 7) is 0. The lowest BCUT2D eigenvalue weighted by molar-refractivity contribution is 0.102. The van der Waals surface area contributed by atoms with Crippen molar-refractivity contribution in [2.24, 2.45) is 14.1 Å². The number of aromatic amines is 1. The van der Waals surface area contributed by atoms with Crippen LogP contribution >= 0.6 is 0 Å². The lowest BCUT2D eigenvalue weighted by atomic mass is 10.2. The normalized spacial score (nSPS) is 10.8. The number of benzene rings is 1. The molecule has 2 aromatic heterocycles. The highest BCUT2D eigenvalue weighted by Crippen LogP contribution is 2.02. The van der Waals surface area contributed by atoms with Gasteiger partial charge in [-0.2, -0.15) is 5.10 Å². The molecule has 122 valence electrons. The van der Waals surface area contributed by atoms with E-state index in [4.69, 9.17) is 0 Å². The van der Waals surface area contributed by atoms with Gasteiger partial charge < -0.3 is 5.10 Å². The van der Waals surface area contributed by atoms with Crippen LogP contribution in [0.1, 0.15) is 16.1 Å². The first-order chi connectivity index (χ1) is 11.4. The van der Waals surface area contributed by atoms with Crippen LogP contribution in [0, 0.1) is 0 Å². The van der Waals surface area contributed by atoms with Gasteiger partial charge in [-0.1, -0.05) is 18.2 Å². The summed E-state index contributed by atoms with van der Waals surface area (Å²) in [5.41, 5.74) is -2.57. The monoisotopic (exact) mass is 327 g/mol. The van der Waals surface area contributed by atoms with Crippen LogP contribution in [0.15, 0.2) is 50.9 Å². The van der Waals surface area contributed by atoms with Crippen molar-refractivity contribution in [2.75, 3.05) is 0 Å². The van der Waals surface area contributed by atoms with Crippen molar-refractivity contribution < 1.29 is 4.79 Å². The molecule has 0 bridgehead atoms. The molecule has 0 fully saturated rings. The maximum atomic E-state index is 12.6. The lowest BCUT2D eigenvalue weighted by Crippen LogP contribution is -2.43. The molecule has 1 N–H and O–H groups in total. The molecule has 0 amide bonds. The second-order valence-corrected chi connectivity index (χ2v) is 5.11. The van der Waals surface area contributed by atoms with Crippen molar-refractivity contribution in [2.45, 2.75) is 0 Å². The Kier molecular flexibility index (Phi) is 3.60. The van der Waals surface area contributed by atoms with Gasteiger partial charge in [-0.05, 0) is 12.1 Å². The van der Waals surface area contributed by atoms with Crippen LogP contribution in [0.3, 0.4) is 0 Å². The fourth-order valence-corrected chi connectivity index (χ4v) is 2.27. The molecule has 3 aromatic rings. The van der Waals surface area contributed by atoms with E-state index in [-0.39, 0.29) is 5.56 Å². The summed E-state index contributed by atoms with van der Waals surface area (Å²) in [5.74, 6) is -0.845. The third kappa shape index (κ3) is 2.32. The van der Waals surface area contributed by atoms with Crippen LogP contribution in [0.2, 0.25) is 0 Å². The fraction of sp³-hybridized carbons (Fsp3) is 0.133. The van der Waals surface area contributed by atoms with Crippen molar-refractivity contribution in [1.82, 2.24) is 24.1 Å². The van der Waals surface area contributed by atoms with Crippen molar-refractivity contribution in [3.8, 4) is 5.69 Å². The highest BCUT2D eigenvalue weighted by Gasteiger charge is 2.23. The smallest absolute Gasteiger partial charge is 0.302 e. The molecule has 0 unspecified atom stereocenters. The van der Waals surface area contributed by atoms with Crippen LogP contribution in [-0.2, 0) is 14.1 Å². The summed E-state index contributed by atoms with van der Waals surface area (Å²) in [7, 11) is 2.77. The van der Waals surface area contributed by atoms with E-state index in [1.807, 2.05) is 0 Å². The quantitative estimate of drug-likeness (QED) is 0.632. The van der Waals surface area contributed by atoms with Crippen molar-refractivity contribution in [1.29, 1.82) is 0 Å². The zero-order valence-corrected chi connectivity index (χ0v) is 12.9. The van der Waals surface area contributed by atoms with Gasteiger partial charge in [0.05, 0.1) is 5.69 Å².